The number of Topliss-reactive ketones (excluding diaryl/α,β-unsaturated/α-hetero) is 1. The van der Waals surface area contributed by atoms with Crippen molar-refractivity contribution >= 4 is 12.1 Å². The molecule has 28 heavy (non-hydrogen) atoms. The van der Waals surface area contributed by atoms with Crippen LogP contribution < -0.4 is 5.32 Å². The number of nitrogens with zero attached hydrogens (tertiary/aromatic N) is 1. The Morgan fingerprint density at radius 1 is 1.25 bits per heavy atom. The van der Waals surface area contributed by atoms with Crippen LogP contribution in [0.2, 0.25) is 0 Å². The van der Waals surface area contributed by atoms with Crippen LogP contribution in [-0.4, -0.2) is 48.3 Å². The summed E-state index contributed by atoms with van der Waals surface area (Å²) in [4.78, 5) is 27.0. The van der Waals surface area contributed by atoms with Crippen molar-refractivity contribution in [3.8, 4) is 5.75 Å². The minimum Gasteiger partial charge on any atom is -0.508 e. The van der Waals surface area contributed by atoms with Gasteiger partial charge in [0.25, 0.3) is 0 Å². The Kier molecular flexibility index (Phi) is 5.96. The van der Waals surface area contributed by atoms with Gasteiger partial charge in [-0.15, -0.1) is 0 Å². The number of hydrogen-bond donors (Lipinski definition) is 2. The van der Waals surface area contributed by atoms with Crippen LogP contribution >= 0.6 is 0 Å². The number of fused-ring (bicyclic) bond motifs is 1. The van der Waals surface area contributed by atoms with Gasteiger partial charge in [-0.05, 0) is 80.7 Å². The second-order valence-corrected chi connectivity index (χ2v) is 7.89. The number of nitrogens with one attached hydrogen (secondary N) is 1. The molecule has 148 valence electrons. The average Bonchev–Trinajstić information content (AvgIpc) is 2.65. The van der Waals surface area contributed by atoms with Gasteiger partial charge in [-0.3, -0.25) is 15.0 Å². The molecule has 0 radical (unpaired) electrons. The molecule has 2 N–H and O–H groups in total. The molecule has 0 fully saturated rings. The third kappa shape index (κ3) is 4.01. The highest BCUT2D eigenvalue weighted by atomic mass is 16.3. The summed E-state index contributed by atoms with van der Waals surface area (Å²) in [5.74, 6) is 0.291. The van der Waals surface area contributed by atoms with Gasteiger partial charge in [-0.25, -0.2) is 0 Å². The van der Waals surface area contributed by atoms with Crippen molar-refractivity contribution in [2.45, 2.75) is 44.8 Å². The van der Waals surface area contributed by atoms with Gasteiger partial charge in [-0.2, -0.15) is 0 Å². The molecule has 0 saturated carbocycles. The first-order valence-corrected chi connectivity index (χ1v) is 9.60. The number of carbonyl (C=O) groups excluding carboxylic acids is 2. The number of phenolic OH excluding ortho intramolecular Hbond substituents is 1. The van der Waals surface area contributed by atoms with Crippen LogP contribution in [0.1, 0.15) is 33.9 Å². The van der Waals surface area contributed by atoms with Crippen LogP contribution in [0.5, 0.6) is 5.75 Å². The summed E-state index contributed by atoms with van der Waals surface area (Å²) in [5.41, 5.74) is 5.02. The lowest BCUT2D eigenvalue weighted by atomic mass is 9.84. The summed E-state index contributed by atoms with van der Waals surface area (Å²) in [6.45, 7) is 3.91. The highest BCUT2D eigenvalue weighted by Crippen LogP contribution is 2.29. The van der Waals surface area contributed by atoms with Crippen LogP contribution in [0.4, 0.5) is 0 Å². The van der Waals surface area contributed by atoms with Crippen molar-refractivity contribution in [2.24, 2.45) is 0 Å². The number of hydrogen-bond acceptors (Lipinski definition) is 5. The molecule has 2 unspecified atom stereocenters. The molecule has 1 aliphatic heterocycles. The van der Waals surface area contributed by atoms with Crippen molar-refractivity contribution < 1.29 is 14.7 Å². The number of ketones is 1. The number of carbonyl (C=O) groups is 2. The van der Waals surface area contributed by atoms with Crippen LogP contribution in [0.3, 0.4) is 0 Å². The summed E-state index contributed by atoms with van der Waals surface area (Å²) >= 11 is 0. The molecule has 0 bridgehead atoms. The Bertz CT molecular complexity index is 868. The maximum atomic E-state index is 13.6. The van der Waals surface area contributed by atoms with Crippen LogP contribution in [0.25, 0.3) is 0 Å². The van der Waals surface area contributed by atoms with Gasteiger partial charge in [-0.1, -0.05) is 24.3 Å². The van der Waals surface area contributed by atoms with Crippen molar-refractivity contribution in [2.75, 3.05) is 14.1 Å². The minimum atomic E-state index is -0.509. The third-order valence-electron chi connectivity index (χ3n) is 5.67. The molecule has 2 aromatic carbocycles. The Morgan fingerprint density at radius 3 is 2.50 bits per heavy atom. The van der Waals surface area contributed by atoms with Gasteiger partial charge in [0.15, 0.2) is 5.78 Å². The molecule has 0 saturated heterocycles. The second kappa shape index (κ2) is 8.25. The molecule has 5 nitrogen and oxygen atoms in total. The maximum absolute atomic E-state index is 13.6. The zero-order valence-electron chi connectivity index (χ0n) is 16.9. The minimum absolute atomic E-state index is 0.0517. The summed E-state index contributed by atoms with van der Waals surface area (Å²) in [6, 6.07) is 10.1. The van der Waals surface area contributed by atoms with Crippen molar-refractivity contribution in [3.05, 3.63) is 64.2 Å². The number of rotatable bonds is 6. The number of aryl methyl sites for hydroxylation is 2. The molecule has 5 heteroatoms. The Balaban J connectivity index is 1.95. The fraction of sp³-hybridized carbons (Fsp3) is 0.391. The number of phenols is 1. The topological polar surface area (TPSA) is 69.6 Å². The largest absolute Gasteiger partial charge is 0.508 e. The lowest BCUT2D eigenvalue weighted by Gasteiger charge is -2.34. The molecule has 0 spiro atoms. The maximum Gasteiger partial charge on any atom is 0.171 e. The van der Waals surface area contributed by atoms with E-state index in [0.29, 0.717) is 12.8 Å². The van der Waals surface area contributed by atoms with E-state index >= 15 is 0 Å². The van der Waals surface area contributed by atoms with Gasteiger partial charge >= 0.3 is 0 Å². The van der Waals surface area contributed by atoms with Gasteiger partial charge in [0, 0.05) is 0 Å². The van der Waals surface area contributed by atoms with E-state index in [9.17, 15) is 14.7 Å². The number of aldehydes is 1. The van der Waals surface area contributed by atoms with Crippen LogP contribution in [-0.2, 0) is 22.4 Å². The van der Waals surface area contributed by atoms with Gasteiger partial charge in [0.1, 0.15) is 12.0 Å². The van der Waals surface area contributed by atoms with E-state index in [1.54, 1.807) is 12.1 Å². The first kappa shape index (κ1) is 20.2. The predicted molar refractivity (Wildman–Crippen MR) is 110 cm³/mol. The molecule has 0 aliphatic carbocycles. The molecule has 2 aromatic rings. The lowest BCUT2D eigenvalue weighted by molar-refractivity contribution is -0.126. The van der Waals surface area contributed by atoms with Crippen LogP contribution in [0, 0.1) is 13.8 Å². The van der Waals surface area contributed by atoms with E-state index in [-0.39, 0.29) is 23.6 Å². The smallest absolute Gasteiger partial charge is 0.171 e. The third-order valence-corrected chi connectivity index (χ3v) is 5.67. The molecule has 0 aromatic heterocycles. The highest BCUT2D eigenvalue weighted by molar-refractivity contribution is 5.91. The van der Waals surface area contributed by atoms with E-state index in [0.717, 1.165) is 34.1 Å². The van der Waals surface area contributed by atoms with Crippen LogP contribution in [0.15, 0.2) is 36.4 Å². The van der Waals surface area contributed by atoms with E-state index in [1.165, 1.54) is 0 Å². The first-order valence-electron chi connectivity index (χ1n) is 9.60. The quantitative estimate of drug-likeness (QED) is 0.754. The highest BCUT2D eigenvalue weighted by Gasteiger charge is 2.35. The van der Waals surface area contributed by atoms with Gasteiger partial charge in [0.2, 0.25) is 0 Å². The Hall–Kier alpha value is -2.50. The fourth-order valence-corrected chi connectivity index (χ4v) is 4.14. The number of benzene rings is 2. The van der Waals surface area contributed by atoms with E-state index in [1.807, 2.05) is 57.1 Å². The fourth-order valence-electron chi connectivity index (χ4n) is 4.14. The molecular formula is C23H28N2O3. The standard InChI is InChI=1S/C23H28N2O3/c1-14-9-18(27)10-15(2)20(14)12-21(25(3)4)23(28)22-19-8-6-5-7-16(19)11-17(13-26)24-22/h5-10,13,17,21-22,24,27H,11-12H2,1-4H3/t17?,21-,22?/m0/s1. The summed E-state index contributed by atoms with van der Waals surface area (Å²) in [7, 11) is 3.80. The summed E-state index contributed by atoms with van der Waals surface area (Å²) < 4.78 is 0. The zero-order valence-corrected chi connectivity index (χ0v) is 16.9. The van der Waals surface area contributed by atoms with E-state index < -0.39 is 6.04 Å². The Labute approximate surface area is 166 Å². The zero-order chi connectivity index (χ0) is 20.4. The molecular weight excluding hydrogens is 352 g/mol. The van der Waals surface area contributed by atoms with E-state index in [2.05, 4.69) is 5.32 Å². The molecule has 3 atom stereocenters. The number of aromatic hydroxyl groups is 1. The summed E-state index contributed by atoms with van der Waals surface area (Å²) in [6.07, 6.45) is 2.04. The summed E-state index contributed by atoms with van der Waals surface area (Å²) in [5, 5.41) is 13.1. The van der Waals surface area contributed by atoms with Crippen molar-refractivity contribution in [1.82, 2.24) is 10.2 Å². The van der Waals surface area contributed by atoms with Gasteiger partial charge < -0.3 is 9.90 Å². The van der Waals surface area contributed by atoms with Crippen molar-refractivity contribution in [1.29, 1.82) is 0 Å². The second-order valence-electron chi connectivity index (χ2n) is 7.89. The normalized spacial score (nSPS) is 19.9. The lowest BCUT2D eigenvalue weighted by Crippen LogP contribution is -2.50. The SMILES string of the molecule is Cc1cc(O)cc(C)c1C[C@@H](C(=O)C1NC(C=O)Cc2ccccc21)N(C)C. The predicted octanol–water partition coefficient (Wildman–Crippen LogP) is 2.51. The van der Waals surface area contributed by atoms with E-state index in [4.69, 9.17) is 0 Å². The number of likely N-dealkylation sites (N-methyl/N-ethyl adjacent to an activating group) is 1. The monoisotopic (exact) mass is 380 g/mol. The van der Waals surface area contributed by atoms with Gasteiger partial charge in [0.05, 0.1) is 18.1 Å². The first-order chi connectivity index (χ1) is 13.3. The molecule has 0 amide bonds. The molecule has 1 aliphatic rings. The average molecular weight is 380 g/mol. The molecule has 1 heterocycles. The Morgan fingerprint density at radius 2 is 1.89 bits per heavy atom. The molecule has 3 rings (SSSR count). The van der Waals surface area contributed by atoms with Crippen molar-refractivity contribution in [3.63, 3.8) is 0 Å².